The zero-order valence-electron chi connectivity index (χ0n) is 14.6. The van der Waals surface area contributed by atoms with E-state index in [0.717, 1.165) is 28.6 Å². The van der Waals surface area contributed by atoms with Crippen LogP contribution in [-0.2, 0) is 11.2 Å². The molecule has 1 aliphatic rings. The third-order valence-corrected chi connectivity index (χ3v) is 5.24. The van der Waals surface area contributed by atoms with E-state index in [0.29, 0.717) is 38.7 Å². The molecule has 3 rings (SSSR count). The van der Waals surface area contributed by atoms with Gasteiger partial charge in [0.1, 0.15) is 5.75 Å². The van der Waals surface area contributed by atoms with Crippen LogP contribution in [0.1, 0.15) is 44.6 Å². The van der Waals surface area contributed by atoms with Crippen LogP contribution in [0.5, 0.6) is 5.75 Å². The molecule has 1 fully saturated rings. The van der Waals surface area contributed by atoms with E-state index >= 15 is 0 Å². The number of aromatic nitrogens is 1. The fourth-order valence-corrected chi connectivity index (χ4v) is 3.68. The highest BCUT2D eigenvalue weighted by atomic mass is 16.5. The molecule has 0 amide bonds. The van der Waals surface area contributed by atoms with Crippen LogP contribution < -0.4 is 4.74 Å². The Bertz CT molecular complexity index is 750. The summed E-state index contributed by atoms with van der Waals surface area (Å²) in [6, 6.07) is 7.87. The van der Waals surface area contributed by atoms with Gasteiger partial charge in [-0.2, -0.15) is 0 Å². The number of pyridine rings is 1. The molecule has 134 valence electrons. The molecule has 1 aliphatic carbocycles. The predicted molar refractivity (Wildman–Crippen MR) is 95.8 cm³/mol. The monoisotopic (exact) mass is 343 g/mol. The van der Waals surface area contributed by atoms with Crippen molar-refractivity contribution in [2.24, 2.45) is 5.92 Å². The lowest BCUT2D eigenvalue weighted by Crippen LogP contribution is -2.36. The van der Waals surface area contributed by atoms with E-state index < -0.39 is 11.6 Å². The number of nitrogens with zero attached hydrogens (tertiary/aromatic N) is 1. The van der Waals surface area contributed by atoms with Crippen molar-refractivity contribution in [1.29, 1.82) is 0 Å². The minimum Gasteiger partial charge on any atom is -0.494 e. The van der Waals surface area contributed by atoms with Gasteiger partial charge in [0.15, 0.2) is 0 Å². The van der Waals surface area contributed by atoms with Crippen LogP contribution in [0.15, 0.2) is 30.5 Å². The van der Waals surface area contributed by atoms with Gasteiger partial charge in [-0.3, -0.25) is 9.78 Å². The van der Waals surface area contributed by atoms with Gasteiger partial charge in [0, 0.05) is 11.6 Å². The molecular weight excluding hydrogens is 318 g/mol. The maximum Gasteiger partial charge on any atom is 0.306 e. The summed E-state index contributed by atoms with van der Waals surface area (Å²) in [4.78, 5) is 15.5. The molecule has 0 saturated heterocycles. The first-order valence-electron chi connectivity index (χ1n) is 8.96. The van der Waals surface area contributed by atoms with Crippen LogP contribution in [0, 0.1) is 5.92 Å². The molecule has 0 unspecified atom stereocenters. The predicted octanol–water partition coefficient (Wildman–Crippen LogP) is 3.57. The largest absolute Gasteiger partial charge is 0.494 e. The Morgan fingerprint density at radius 3 is 2.76 bits per heavy atom. The number of ether oxygens (including phenoxy) is 1. The summed E-state index contributed by atoms with van der Waals surface area (Å²) in [5.41, 5.74) is 1.29. The van der Waals surface area contributed by atoms with Crippen molar-refractivity contribution in [3.05, 3.63) is 36.0 Å². The van der Waals surface area contributed by atoms with Crippen LogP contribution in [0.4, 0.5) is 0 Å². The Labute approximate surface area is 147 Å². The fraction of sp³-hybridized carbons (Fsp3) is 0.500. The average molecular weight is 343 g/mol. The van der Waals surface area contributed by atoms with E-state index in [2.05, 4.69) is 4.98 Å². The number of aryl methyl sites for hydroxylation is 1. The van der Waals surface area contributed by atoms with Crippen molar-refractivity contribution in [2.45, 2.75) is 51.0 Å². The highest BCUT2D eigenvalue weighted by Crippen LogP contribution is 2.36. The lowest BCUT2D eigenvalue weighted by molar-refractivity contribution is -0.144. The highest BCUT2D eigenvalue weighted by Gasteiger charge is 2.35. The van der Waals surface area contributed by atoms with Crippen molar-refractivity contribution >= 4 is 16.9 Å². The molecule has 0 aliphatic heterocycles. The van der Waals surface area contributed by atoms with Gasteiger partial charge < -0.3 is 14.9 Å². The summed E-state index contributed by atoms with van der Waals surface area (Å²) in [5, 5.41) is 21.0. The quantitative estimate of drug-likeness (QED) is 0.838. The molecule has 5 nitrogen and oxygen atoms in total. The molecule has 2 N–H and O–H groups in total. The fourth-order valence-electron chi connectivity index (χ4n) is 3.68. The SMILES string of the molecule is CCOc1ccc2nccc(CCC3(O)CCC(C(=O)O)CC3)c2c1. The molecule has 1 saturated carbocycles. The van der Waals surface area contributed by atoms with Crippen LogP contribution in [0.25, 0.3) is 10.9 Å². The van der Waals surface area contributed by atoms with Crippen molar-refractivity contribution in [2.75, 3.05) is 6.61 Å². The van der Waals surface area contributed by atoms with Crippen LogP contribution in [-0.4, -0.2) is 33.4 Å². The Balaban J connectivity index is 1.72. The van der Waals surface area contributed by atoms with Crippen molar-refractivity contribution in [3.63, 3.8) is 0 Å². The second kappa shape index (κ2) is 7.40. The van der Waals surface area contributed by atoms with Crippen molar-refractivity contribution in [3.8, 4) is 5.75 Å². The lowest BCUT2D eigenvalue weighted by atomic mass is 9.76. The van der Waals surface area contributed by atoms with Gasteiger partial charge in [-0.1, -0.05) is 0 Å². The number of hydrogen-bond donors (Lipinski definition) is 2. The first-order chi connectivity index (χ1) is 12.0. The molecule has 0 atom stereocenters. The maximum absolute atomic E-state index is 11.1. The maximum atomic E-state index is 11.1. The second-order valence-electron chi connectivity index (χ2n) is 6.92. The third kappa shape index (κ3) is 4.10. The highest BCUT2D eigenvalue weighted by molar-refractivity contribution is 5.83. The first-order valence-corrected chi connectivity index (χ1v) is 8.96. The Hall–Kier alpha value is -2.14. The minimum atomic E-state index is -0.765. The second-order valence-corrected chi connectivity index (χ2v) is 6.92. The lowest BCUT2D eigenvalue weighted by Gasteiger charge is -2.34. The molecule has 25 heavy (non-hydrogen) atoms. The third-order valence-electron chi connectivity index (χ3n) is 5.24. The van der Waals surface area contributed by atoms with Crippen LogP contribution in [0.2, 0.25) is 0 Å². The number of aliphatic carboxylic acids is 1. The smallest absolute Gasteiger partial charge is 0.306 e. The van der Waals surface area contributed by atoms with E-state index in [4.69, 9.17) is 9.84 Å². The van der Waals surface area contributed by atoms with Gasteiger partial charge in [0.2, 0.25) is 0 Å². The molecule has 0 bridgehead atoms. The Morgan fingerprint density at radius 1 is 1.32 bits per heavy atom. The van der Waals surface area contributed by atoms with Gasteiger partial charge in [-0.15, -0.1) is 0 Å². The summed E-state index contributed by atoms with van der Waals surface area (Å²) < 4.78 is 5.58. The zero-order chi connectivity index (χ0) is 17.9. The van der Waals surface area contributed by atoms with E-state index in [1.54, 1.807) is 6.20 Å². The van der Waals surface area contributed by atoms with Crippen molar-refractivity contribution in [1.82, 2.24) is 4.98 Å². The standard InChI is InChI=1S/C20H25NO4/c1-2-25-16-3-4-18-17(13-16)14(8-12-21-18)5-9-20(24)10-6-15(7-11-20)19(22)23/h3-4,8,12-13,15,24H,2,5-7,9-11H2,1H3,(H,22,23). The number of carboxylic acid groups (broad SMARTS) is 1. The number of benzene rings is 1. The molecule has 5 heteroatoms. The Morgan fingerprint density at radius 2 is 2.08 bits per heavy atom. The van der Waals surface area contributed by atoms with Gasteiger partial charge in [0.25, 0.3) is 0 Å². The van der Waals surface area contributed by atoms with Crippen LogP contribution in [0.3, 0.4) is 0 Å². The van der Waals surface area contributed by atoms with Gasteiger partial charge in [-0.05, 0) is 75.3 Å². The topological polar surface area (TPSA) is 79.7 Å². The van der Waals surface area contributed by atoms with Gasteiger partial charge in [0.05, 0.1) is 23.6 Å². The van der Waals surface area contributed by atoms with E-state index in [9.17, 15) is 9.90 Å². The molecule has 1 aromatic heterocycles. The Kier molecular flexibility index (Phi) is 5.23. The first kappa shape index (κ1) is 17.7. The molecule has 1 aromatic carbocycles. The van der Waals surface area contributed by atoms with Crippen molar-refractivity contribution < 1.29 is 19.7 Å². The number of carbonyl (C=O) groups is 1. The van der Waals surface area contributed by atoms with E-state index in [-0.39, 0.29) is 5.92 Å². The normalized spacial score (nSPS) is 23.5. The molecule has 0 radical (unpaired) electrons. The zero-order valence-corrected chi connectivity index (χ0v) is 14.6. The summed E-state index contributed by atoms with van der Waals surface area (Å²) in [6.45, 7) is 2.57. The summed E-state index contributed by atoms with van der Waals surface area (Å²) in [5.74, 6) is -0.230. The number of rotatable bonds is 6. The number of hydrogen-bond acceptors (Lipinski definition) is 4. The van der Waals surface area contributed by atoms with Gasteiger partial charge >= 0.3 is 5.97 Å². The summed E-state index contributed by atoms with van der Waals surface area (Å²) >= 11 is 0. The van der Waals surface area contributed by atoms with E-state index in [1.807, 2.05) is 31.2 Å². The molecule has 0 spiro atoms. The average Bonchev–Trinajstić information content (AvgIpc) is 2.60. The van der Waals surface area contributed by atoms with Crippen LogP contribution >= 0.6 is 0 Å². The molecular formula is C20H25NO4. The summed E-state index contributed by atoms with van der Waals surface area (Å²) in [6.07, 6.45) is 5.38. The minimum absolute atomic E-state index is 0.309. The number of fused-ring (bicyclic) bond motifs is 1. The van der Waals surface area contributed by atoms with Gasteiger partial charge in [-0.25, -0.2) is 0 Å². The number of carboxylic acids is 1. The molecule has 1 heterocycles. The summed E-state index contributed by atoms with van der Waals surface area (Å²) in [7, 11) is 0. The molecule has 2 aromatic rings. The number of aliphatic hydroxyl groups is 1. The van der Waals surface area contributed by atoms with E-state index in [1.165, 1.54) is 0 Å².